The number of benzene rings is 1. The summed E-state index contributed by atoms with van der Waals surface area (Å²) in [7, 11) is 0. The number of fused-ring (bicyclic) bond motifs is 1. The van der Waals surface area contributed by atoms with Crippen LogP contribution in [0.1, 0.15) is 0 Å². The number of carbonyl (C=O) groups excluding carboxylic acids is 1. The van der Waals surface area contributed by atoms with Gasteiger partial charge in [0.1, 0.15) is 30.2 Å². The van der Waals surface area contributed by atoms with Crippen LogP contribution >= 0.6 is 0 Å². The number of ether oxygens (including phenoxy) is 2. The zero-order valence-corrected chi connectivity index (χ0v) is 14.2. The number of aromatic amines is 1. The average molecular weight is 331 g/mol. The minimum atomic E-state index is -1.80. The first-order valence-corrected chi connectivity index (χ1v) is 6.62. The smallest absolute Gasteiger partial charge is 0.547 e. The van der Waals surface area contributed by atoms with Gasteiger partial charge in [0.2, 0.25) is 6.29 Å². The molecule has 23 heavy (non-hydrogen) atoms. The Labute approximate surface area is 152 Å². The number of carboxylic acids is 1. The Kier molecular flexibility index (Phi) is 5.69. The van der Waals surface area contributed by atoms with E-state index in [0.29, 0.717) is 11.1 Å². The third-order valence-electron chi connectivity index (χ3n) is 3.60. The fourth-order valence-electron chi connectivity index (χ4n) is 2.41. The molecule has 0 bridgehead atoms. The first-order valence-electron chi connectivity index (χ1n) is 6.62. The Balaban J connectivity index is 0.00000192. The number of H-pyrrole nitrogens is 1. The molecule has 1 aromatic carbocycles. The molecule has 0 saturated carbocycles. The number of carbonyl (C=O) groups is 1. The molecule has 0 radical (unpaired) electrons. The Morgan fingerprint density at radius 2 is 1.87 bits per heavy atom. The molecule has 4 N–H and O–H groups in total. The predicted molar refractivity (Wildman–Crippen MR) is 70.6 cm³/mol. The van der Waals surface area contributed by atoms with Crippen molar-refractivity contribution >= 4 is 16.9 Å². The van der Waals surface area contributed by atoms with E-state index in [0.717, 1.165) is 5.52 Å². The van der Waals surface area contributed by atoms with Crippen LogP contribution < -0.4 is 39.4 Å². The monoisotopic (exact) mass is 331 g/mol. The van der Waals surface area contributed by atoms with E-state index in [2.05, 4.69) is 4.98 Å². The van der Waals surface area contributed by atoms with E-state index >= 15 is 0 Å². The number of aromatic nitrogens is 1. The first-order chi connectivity index (χ1) is 10.5. The van der Waals surface area contributed by atoms with Crippen molar-refractivity contribution in [3.63, 3.8) is 0 Å². The maximum absolute atomic E-state index is 10.9. The van der Waals surface area contributed by atoms with E-state index in [4.69, 9.17) is 9.47 Å². The molecule has 118 valence electrons. The maximum atomic E-state index is 10.9. The van der Waals surface area contributed by atoms with Gasteiger partial charge in [-0.05, 0) is 12.1 Å². The zero-order valence-electron chi connectivity index (χ0n) is 12.2. The van der Waals surface area contributed by atoms with Gasteiger partial charge in [-0.3, -0.25) is 0 Å². The summed E-state index contributed by atoms with van der Waals surface area (Å²) in [5, 5.41) is 40.8. The quantitative estimate of drug-likeness (QED) is 0.414. The number of carboxylic acid groups (broad SMARTS) is 1. The second kappa shape index (κ2) is 7.18. The van der Waals surface area contributed by atoms with Crippen molar-refractivity contribution in [2.24, 2.45) is 0 Å². The van der Waals surface area contributed by atoms with Crippen LogP contribution in [0.3, 0.4) is 0 Å². The molecule has 5 atom stereocenters. The van der Waals surface area contributed by atoms with Crippen LogP contribution in [0.15, 0.2) is 30.5 Å². The van der Waals surface area contributed by atoms with Gasteiger partial charge in [0.25, 0.3) is 0 Å². The average Bonchev–Trinajstić information content (AvgIpc) is 2.91. The van der Waals surface area contributed by atoms with Crippen LogP contribution in [0.4, 0.5) is 0 Å². The number of nitrogens with one attached hydrogen (secondary N) is 1. The summed E-state index contributed by atoms with van der Waals surface area (Å²) in [6.07, 6.45) is -6.88. The number of rotatable bonds is 3. The fraction of sp³-hybridized carbons (Fsp3) is 0.357. The summed E-state index contributed by atoms with van der Waals surface area (Å²) in [5.74, 6) is -1.38. The minimum Gasteiger partial charge on any atom is -0.547 e. The van der Waals surface area contributed by atoms with Crippen molar-refractivity contribution in [2.45, 2.75) is 30.7 Å². The number of aliphatic hydroxyl groups excluding tert-OH is 3. The van der Waals surface area contributed by atoms with Crippen molar-refractivity contribution in [2.75, 3.05) is 0 Å². The molecule has 0 amide bonds. The van der Waals surface area contributed by atoms with Crippen LogP contribution in [0.2, 0.25) is 0 Å². The van der Waals surface area contributed by atoms with E-state index < -0.39 is 36.7 Å². The van der Waals surface area contributed by atoms with Gasteiger partial charge in [-0.1, -0.05) is 12.1 Å². The molecule has 1 aliphatic heterocycles. The topological polar surface area (TPSA) is 135 Å². The van der Waals surface area contributed by atoms with Gasteiger partial charge in [-0.2, -0.15) is 0 Å². The Hall–Kier alpha value is -1.13. The Morgan fingerprint density at radius 1 is 1.17 bits per heavy atom. The predicted octanol–water partition coefficient (Wildman–Crippen LogP) is -4.89. The summed E-state index contributed by atoms with van der Waals surface area (Å²) >= 11 is 0. The largest absolute Gasteiger partial charge is 1.00 e. The SMILES string of the molecule is O=C([O-])[C@H]1O[C@@H](Oc2c[nH]c3ccccc23)[C@H](O)[C@@H](O)[C@@H]1O.[Na+]. The molecule has 1 fully saturated rings. The number of hydrogen-bond donors (Lipinski definition) is 4. The molecule has 0 unspecified atom stereocenters. The number of para-hydroxylation sites is 1. The second-order valence-corrected chi connectivity index (χ2v) is 5.03. The maximum Gasteiger partial charge on any atom is 1.00 e. The molecular weight excluding hydrogens is 317 g/mol. The molecule has 2 aromatic rings. The van der Waals surface area contributed by atoms with Gasteiger partial charge in [-0.25, -0.2) is 0 Å². The number of hydrogen-bond acceptors (Lipinski definition) is 7. The third-order valence-corrected chi connectivity index (χ3v) is 3.60. The standard InChI is InChI=1S/C14H15NO7.Na/c16-9-10(17)12(13(19)20)22-14(11(9)18)21-8-5-15-7-4-2-1-3-6(7)8;/h1-5,9-12,14-18H,(H,19,20);/q;+1/p-1/t9-,10-,11+,12-,14+;/m0./s1. The fourth-order valence-corrected chi connectivity index (χ4v) is 2.41. The van der Waals surface area contributed by atoms with Gasteiger partial charge >= 0.3 is 29.6 Å². The number of aliphatic hydroxyl groups is 3. The number of aliphatic carboxylic acids is 1. The van der Waals surface area contributed by atoms with E-state index in [9.17, 15) is 25.2 Å². The van der Waals surface area contributed by atoms with E-state index in [1.54, 1.807) is 12.1 Å². The normalized spacial score (nSPS) is 30.7. The molecule has 3 rings (SSSR count). The molecular formula is C14H14NNaO7. The van der Waals surface area contributed by atoms with Crippen molar-refractivity contribution in [1.82, 2.24) is 4.98 Å². The molecule has 8 nitrogen and oxygen atoms in total. The van der Waals surface area contributed by atoms with Crippen LogP contribution in [-0.4, -0.2) is 57.0 Å². The summed E-state index contributed by atoms with van der Waals surface area (Å²) in [4.78, 5) is 13.9. The van der Waals surface area contributed by atoms with E-state index in [1.165, 1.54) is 6.20 Å². The molecule has 0 aliphatic carbocycles. The van der Waals surface area contributed by atoms with Gasteiger partial charge in [0.15, 0.2) is 0 Å². The van der Waals surface area contributed by atoms with Gasteiger partial charge in [0.05, 0.1) is 5.97 Å². The first kappa shape index (κ1) is 18.2. The molecule has 0 spiro atoms. The summed E-state index contributed by atoms with van der Waals surface area (Å²) in [6.45, 7) is 0. The molecule has 1 aliphatic rings. The minimum absolute atomic E-state index is 0. The third kappa shape index (κ3) is 3.38. The molecule has 1 saturated heterocycles. The van der Waals surface area contributed by atoms with Gasteiger partial charge in [0, 0.05) is 17.1 Å². The van der Waals surface area contributed by atoms with Gasteiger partial charge in [-0.15, -0.1) is 0 Å². The van der Waals surface area contributed by atoms with Crippen molar-refractivity contribution in [3.8, 4) is 5.75 Å². The van der Waals surface area contributed by atoms with Crippen molar-refractivity contribution < 1.29 is 64.3 Å². The molecule has 1 aromatic heterocycles. The van der Waals surface area contributed by atoms with Crippen LogP contribution in [0.25, 0.3) is 10.9 Å². The second-order valence-electron chi connectivity index (χ2n) is 5.03. The van der Waals surface area contributed by atoms with Crippen LogP contribution in [0.5, 0.6) is 5.75 Å². The summed E-state index contributed by atoms with van der Waals surface area (Å²) in [6, 6.07) is 7.17. The van der Waals surface area contributed by atoms with Crippen LogP contribution in [0, 0.1) is 0 Å². The van der Waals surface area contributed by atoms with Gasteiger partial charge < -0.3 is 39.7 Å². The molecule has 2 heterocycles. The Morgan fingerprint density at radius 3 is 2.57 bits per heavy atom. The van der Waals surface area contributed by atoms with Crippen molar-refractivity contribution in [3.05, 3.63) is 30.5 Å². The summed E-state index contributed by atoms with van der Waals surface area (Å²) < 4.78 is 10.5. The van der Waals surface area contributed by atoms with E-state index in [-0.39, 0.29) is 29.6 Å². The molecule has 9 heteroatoms. The zero-order chi connectivity index (χ0) is 15.9. The van der Waals surface area contributed by atoms with Crippen LogP contribution in [-0.2, 0) is 9.53 Å². The van der Waals surface area contributed by atoms with Crippen molar-refractivity contribution in [1.29, 1.82) is 0 Å². The Bertz CT molecular complexity index is 691. The summed E-state index contributed by atoms with van der Waals surface area (Å²) in [5.41, 5.74) is 0.778. The van der Waals surface area contributed by atoms with E-state index in [1.807, 2.05) is 12.1 Å².